The van der Waals surface area contributed by atoms with Crippen LogP contribution < -0.4 is 0 Å². The highest BCUT2D eigenvalue weighted by molar-refractivity contribution is 7.00. The van der Waals surface area contributed by atoms with Gasteiger partial charge in [-0.3, -0.25) is 0 Å². The highest BCUT2D eigenvalue weighted by atomic mass is 31.0. The van der Waals surface area contributed by atoms with E-state index in [1.54, 1.807) is 0 Å². The van der Waals surface area contributed by atoms with E-state index in [1.165, 1.54) is 0 Å². The van der Waals surface area contributed by atoms with Crippen LogP contribution in [0.3, 0.4) is 0 Å². The van der Waals surface area contributed by atoms with Crippen LogP contribution in [0.25, 0.3) is 0 Å². The summed E-state index contributed by atoms with van der Waals surface area (Å²) < 4.78 is 8.28. The van der Waals surface area contributed by atoms with E-state index in [-0.39, 0.29) is 0 Å². The largest absolute Gasteiger partial charge is 0.333 e. The van der Waals surface area contributed by atoms with Gasteiger partial charge in [-0.2, -0.15) is 0 Å². The van der Waals surface area contributed by atoms with E-state index in [4.69, 9.17) is 4.57 Å². The van der Waals surface area contributed by atoms with Gasteiger partial charge in [-0.1, -0.05) is 36.4 Å². The summed E-state index contributed by atoms with van der Waals surface area (Å²) in [6.45, 7) is 0. The molecule has 0 heterocycles. The molecule has 0 saturated carbocycles. The van der Waals surface area contributed by atoms with Crippen LogP contribution in [0.2, 0.25) is 0 Å². The maximum atomic E-state index is 8.28. The summed E-state index contributed by atoms with van der Waals surface area (Å²) in [6.07, 6.45) is 0. The molecule has 1 rings (SSSR count). The van der Waals surface area contributed by atoms with Crippen molar-refractivity contribution in [1.82, 2.24) is 0 Å². The number of hydrogen-bond acceptors (Lipinski definition) is 1. The zero-order valence-corrected chi connectivity index (χ0v) is 5.99. The molecule has 0 aliphatic rings. The third kappa shape index (κ3) is 3.63. The van der Waals surface area contributed by atoms with Crippen molar-refractivity contribution in [3.8, 4) is 0 Å². The molecule has 1 aromatic rings. The van der Waals surface area contributed by atoms with Crippen LogP contribution >= 0.6 is 9.12 Å². The van der Waals surface area contributed by atoms with E-state index in [2.05, 4.69) is 0 Å². The standard InChI is InChI=1S/C6H6.H3OP/c1-2-4-6-5-3-1;1-2/h1-6H;2H3. The molecule has 0 bridgehead atoms. The minimum absolute atomic E-state index is 0.611. The Bertz CT molecular complexity index is 91.4. The Labute approximate surface area is 51.0 Å². The van der Waals surface area contributed by atoms with E-state index < -0.39 is 0 Å². The molecular formula is C6H9OP. The fourth-order valence-electron chi connectivity index (χ4n) is 0.385. The molecule has 0 aromatic heterocycles. The predicted octanol–water partition coefficient (Wildman–Crippen LogP) is 1.63. The highest BCUT2D eigenvalue weighted by Crippen LogP contribution is 1.79. The average Bonchev–Trinajstić information content (AvgIpc) is 1.96. The van der Waals surface area contributed by atoms with Crippen molar-refractivity contribution in [3.05, 3.63) is 36.4 Å². The maximum Gasteiger partial charge on any atom is 0.0527 e. The van der Waals surface area contributed by atoms with Crippen molar-refractivity contribution in [2.45, 2.75) is 0 Å². The molecule has 0 saturated heterocycles. The van der Waals surface area contributed by atoms with Gasteiger partial charge in [-0.05, 0) is 0 Å². The van der Waals surface area contributed by atoms with E-state index >= 15 is 0 Å². The minimum atomic E-state index is 0.611. The van der Waals surface area contributed by atoms with Crippen LogP contribution in [-0.4, -0.2) is 0 Å². The summed E-state index contributed by atoms with van der Waals surface area (Å²) in [5.74, 6) is 0. The topological polar surface area (TPSA) is 17.1 Å². The van der Waals surface area contributed by atoms with Gasteiger partial charge in [0.2, 0.25) is 0 Å². The van der Waals surface area contributed by atoms with Crippen molar-refractivity contribution >= 4 is 9.12 Å². The van der Waals surface area contributed by atoms with Gasteiger partial charge in [0.15, 0.2) is 0 Å². The summed E-state index contributed by atoms with van der Waals surface area (Å²) >= 11 is 0. The normalized spacial score (nSPS) is 7.00. The van der Waals surface area contributed by atoms with E-state index in [9.17, 15) is 0 Å². The molecule has 0 spiro atoms. The van der Waals surface area contributed by atoms with Crippen molar-refractivity contribution < 1.29 is 4.57 Å². The second-order valence-corrected chi connectivity index (χ2v) is 1.15. The smallest absolute Gasteiger partial charge is 0.0527 e. The summed E-state index contributed by atoms with van der Waals surface area (Å²) in [5.41, 5.74) is 0. The first-order valence-electron chi connectivity index (χ1n) is 2.29. The molecule has 2 heteroatoms. The molecule has 1 unspecified atom stereocenters. The molecular weight excluding hydrogens is 119 g/mol. The lowest BCUT2D eigenvalue weighted by molar-refractivity contribution is 0.607. The van der Waals surface area contributed by atoms with Crippen molar-refractivity contribution in [2.24, 2.45) is 0 Å². The Morgan fingerprint density at radius 3 is 0.875 bits per heavy atom. The minimum Gasteiger partial charge on any atom is -0.333 e. The highest BCUT2D eigenvalue weighted by Gasteiger charge is 1.57. The Morgan fingerprint density at radius 1 is 0.625 bits per heavy atom. The molecule has 1 atom stereocenters. The number of hydrogen-bond donors (Lipinski definition) is 0. The Morgan fingerprint density at radius 2 is 0.750 bits per heavy atom. The molecule has 8 heavy (non-hydrogen) atoms. The van der Waals surface area contributed by atoms with Gasteiger partial charge >= 0.3 is 0 Å². The summed E-state index contributed by atoms with van der Waals surface area (Å²) in [6, 6.07) is 12.0. The van der Waals surface area contributed by atoms with Crippen LogP contribution in [-0.2, 0) is 4.57 Å². The molecule has 0 amide bonds. The summed E-state index contributed by atoms with van der Waals surface area (Å²) in [7, 11) is 0.611. The molecule has 0 N–H and O–H groups in total. The summed E-state index contributed by atoms with van der Waals surface area (Å²) in [4.78, 5) is 0. The zero-order chi connectivity index (χ0) is 6.24. The molecule has 0 aliphatic carbocycles. The van der Waals surface area contributed by atoms with Gasteiger partial charge in [0.25, 0.3) is 0 Å². The van der Waals surface area contributed by atoms with Crippen LogP contribution in [0.1, 0.15) is 0 Å². The van der Waals surface area contributed by atoms with Crippen LogP contribution in [0.15, 0.2) is 36.4 Å². The van der Waals surface area contributed by atoms with Crippen molar-refractivity contribution in [2.75, 3.05) is 0 Å². The van der Waals surface area contributed by atoms with Gasteiger partial charge in [0, 0.05) is 0 Å². The predicted molar refractivity (Wildman–Crippen MR) is 38.2 cm³/mol. The van der Waals surface area contributed by atoms with Crippen LogP contribution in [0.4, 0.5) is 0 Å². The average molecular weight is 128 g/mol. The first-order valence-corrected chi connectivity index (χ1v) is 2.87. The fourth-order valence-corrected chi connectivity index (χ4v) is 0.385. The van der Waals surface area contributed by atoms with Gasteiger partial charge in [0.05, 0.1) is 9.12 Å². The number of benzene rings is 1. The molecule has 0 radical (unpaired) electrons. The van der Waals surface area contributed by atoms with Crippen molar-refractivity contribution in [3.63, 3.8) is 0 Å². The first-order chi connectivity index (χ1) is 4.00. The van der Waals surface area contributed by atoms with Gasteiger partial charge in [0.1, 0.15) is 0 Å². The molecule has 1 nitrogen and oxygen atoms in total. The lowest BCUT2D eigenvalue weighted by atomic mass is 10.4. The van der Waals surface area contributed by atoms with Gasteiger partial charge in [-0.15, -0.1) is 0 Å². The maximum absolute atomic E-state index is 8.28. The summed E-state index contributed by atoms with van der Waals surface area (Å²) in [5, 5.41) is 0. The Kier molecular flexibility index (Phi) is 6.01. The molecule has 0 fully saturated rings. The second-order valence-electron chi connectivity index (χ2n) is 1.15. The third-order valence-electron chi connectivity index (χ3n) is 0.667. The quantitative estimate of drug-likeness (QED) is 0.485. The van der Waals surface area contributed by atoms with E-state index in [0.29, 0.717) is 9.12 Å². The Balaban J connectivity index is 0.000000222. The van der Waals surface area contributed by atoms with Crippen LogP contribution in [0, 0.1) is 0 Å². The first kappa shape index (κ1) is 7.45. The lowest BCUT2D eigenvalue weighted by Crippen LogP contribution is -1.47. The van der Waals surface area contributed by atoms with Gasteiger partial charge in [-0.25, -0.2) is 0 Å². The van der Waals surface area contributed by atoms with Gasteiger partial charge < -0.3 is 4.57 Å². The van der Waals surface area contributed by atoms with E-state index in [1.807, 2.05) is 36.4 Å². The Hall–Kier alpha value is -0.550. The molecule has 1 aromatic carbocycles. The number of rotatable bonds is 0. The van der Waals surface area contributed by atoms with E-state index in [0.717, 1.165) is 0 Å². The third-order valence-corrected chi connectivity index (χ3v) is 0.667. The molecule has 0 aliphatic heterocycles. The second kappa shape index (κ2) is 6.45. The SMILES string of the molecule is O=[PH3].c1ccccc1. The fraction of sp³-hybridized carbons (Fsp3) is 0. The molecule has 44 valence electrons. The van der Waals surface area contributed by atoms with Crippen LogP contribution in [0.5, 0.6) is 0 Å². The zero-order valence-electron chi connectivity index (χ0n) is 4.58. The monoisotopic (exact) mass is 128 g/mol. The van der Waals surface area contributed by atoms with Crippen molar-refractivity contribution in [1.29, 1.82) is 0 Å². The lowest BCUT2D eigenvalue weighted by Gasteiger charge is -1.69.